The Hall–Kier alpha value is -2.75. The number of hydrogen-bond donors (Lipinski definition) is 1. The molecule has 0 aliphatic heterocycles. The number of pyridine rings is 1. The van der Waals surface area contributed by atoms with Crippen molar-refractivity contribution in [3.8, 4) is 11.8 Å². The second kappa shape index (κ2) is 5.48. The number of alkyl halides is 3. The van der Waals surface area contributed by atoms with Gasteiger partial charge in [-0.05, 0) is 36.4 Å². The van der Waals surface area contributed by atoms with Crippen LogP contribution < -0.4 is 10.1 Å². The maximum atomic E-state index is 12.0. The molecule has 1 heterocycles. The molecule has 0 saturated heterocycles. The van der Waals surface area contributed by atoms with Crippen LogP contribution in [0.4, 0.5) is 24.7 Å². The SMILES string of the molecule is N#Cc1cccc(Nc2ccc(OC(F)(F)F)cc2)n1. The highest BCUT2D eigenvalue weighted by Crippen LogP contribution is 2.24. The molecule has 0 bridgehead atoms. The summed E-state index contributed by atoms with van der Waals surface area (Å²) in [5.74, 6) is 0.121. The molecule has 0 fully saturated rings. The van der Waals surface area contributed by atoms with E-state index in [1.165, 1.54) is 24.3 Å². The van der Waals surface area contributed by atoms with Gasteiger partial charge in [-0.1, -0.05) is 6.07 Å². The summed E-state index contributed by atoms with van der Waals surface area (Å²) in [6.07, 6.45) is -4.71. The molecule has 0 saturated carbocycles. The largest absolute Gasteiger partial charge is 0.573 e. The van der Waals surface area contributed by atoms with E-state index in [1.807, 2.05) is 6.07 Å². The Morgan fingerprint density at radius 1 is 1.10 bits per heavy atom. The standard InChI is InChI=1S/C13H8F3N3O/c14-13(15,16)20-11-6-4-9(5-7-11)18-12-3-1-2-10(8-17)19-12/h1-7H,(H,18,19). The third kappa shape index (κ3) is 3.88. The average molecular weight is 279 g/mol. The molecule has 1 aromatic carbocycles. The highest BCUT2D eigenvalue weighted by Gasteiger charge is 2.30. The van der Waals surface area contributed by atoms with Gasteiger partial charge in [0, 0.05) is 5.69 Å². The Bertz CT molecular complexity index is 633. The first-order chi connectivity index (χ1) is 9.46. The van der Waals surface area contributed by atoms with Gasteiger partial charge in [-0.25, -0.2) is 4.98 Å². The lowest BCUT2D eigenvalue weighted by Gasteiger charge is -2.10. The zero-order chi connectivity index (χ0) is 14.6. The molecule has 102 valence electrons. The topological polar surface area (TPSA) is 57.9 Å². The molecule has 0 amide bonds. The van der Waals surface area contributed by atoms with Gasteiger partial charge in [0.05, 0.1) is 0 Å². The van der Waals surface area contributed by atoms with Crippen molar-refractivity contribution in [2.75, 3.05) is 5.32 Å². The fraction of sp³-hybridized carbons (Fsp3) is 0.0769. The third-order valence-corrected chi connectivity index (χ3v) is 2.22. The Labute approximate surface area is 112 Å². The molecule has 2 aromatic rings. The van der Waals surface area contributed by atoms with Crippen molar-refractivity contribution < 1.29 is 17.9 Å². The maximum Gasteiger partial charge on any atom is 0.573 e. The molecule has 0 unspecified atom stereocenters. The first-order valence-corrected chi connectivity index (χ1v) is 5.46. The highest BCUT2D eigenvalue weighted by atomic mass is 19.4. The van der Waals surface area contributed by atoms with Crippen LogP contribution in [0.2, 0.25) is 0 Å². The molecule has 0 aliphatic rings. The van der Waals surface area contributed by atoms with E-state index in [2.05, 4.69) is 15.0 Å². The first-order valence-electron chi connectivity index (χ1n) is 5.46. The molecule has 1 aromatic heterocycles. The lowest BCUT2D eigenvalue weighted by atomic mass is 10.3. The number of nitrogens with one attached hydrogen (secondary N) is 1. The van der Waals surface area contributed by atoms with Crippen LogP contribution >= 0.6 is 0 Å². The predicted octanol–water partition coefficient (Wildman–Crippen LogP) is 3.60. The van der Waals surface area contributed by atoms with Gasteiger partial charge in [0.15, 0.2) is 0 Å². The van der Waals surface area contributed by atoms with Crippen LogP contribution in [0.1, 0.15) is 5.69 Å². The van der Waals surface area contributed by atoms with Crippen molar-refractivity contribution >= 4 is 11.5 Å². The average Bonchev–Trinajstić information content (AvgIpc) is 2.40. The molecule has 0 spiro atoms. The van der Waals surface area contributed by atoms with Crippen molar-refractivity contribution in [3.63, 3.8) is 0 Å². The normalized spacial score (nSPS) is 10.7. The molecule has 0 aliphatic carbocycles. The summed E-state index contributed by atoms with van der Waals surface area (Å²) in [7, 11) is 0. The first kappa shape index (κ1) is 13.7. The fourth-order valence-electron chi connectivity index (χ4n) is 1.45. The Balaban J connectivity index is 2.09. The molecule has 2 rings (SSSR count). The van der Waals surface area contributed by atoms with Crippen molar-refractivity contribution in [1.29, 1.82) is 5.26 Å². The number of nitriles is 1. The van der Waals surface area contributed by atoms with Crippen molar-refractivity contribution in [3.05, 3.63) is 48.2 Å². The minimum atomic E-state index is -4.71. The van der Waals surface area contributed by atoms with Gasteiger partial charge >= 0.3 is 6.36 Å². The van der Waals surface area contributed by atoms with E-state index < -0.39 is 6.36 Å². The van der Waals surface area contributed by atoms with E-state index in [-0.39, 0.29) is 11.4 Å². The number of benzene rings is 1. The molecule has 4 nitrogen and oxygen atoms in total. The van der Waals surface area contributed by atoms with E-state index in [1.54, 1.807) is 18.2 Å². The highest BCUT2D eigenvalue weighted by molar-refractivity contribution is 5.57. The number of ether oxygens (including phenoxy) is 1. The molecule has 20 heavy (non-hydrogen) atoms. The predicted molar refractivity (Wildman–Crippen MR) is 65.4 cm³/mol. The summed E-state index contributed by atoms with van der Waals surface area (Å²) in [4.78, 5) is 3.98. The minimum absolute atomic E-state index is 0.243. The monoisotopic (exact) mass is 279 g/mol. The molecular weight excluding hydrogens is 271 g/mol. The smallest absolute Gasteiger partial charge is 0.406 e. The van der Waals surface area contributed by atoms with Crippen LogP contribution in [-0.4, -0.2) is 11.3 Å². The van der Waals surface area contributed by atoms with Crippen molar-refractivity contribution in [1.82, 2.24) is 4.98 Å². The quantitative estimate of drug-likeness (QED) is 0.932. The van der Waals surface area contributed by atoms with E-state index >= 15 is 0 Å². The van der Waals surface area contributed by atoms with Gasteiger partial charge in [0.25, 0.3) is 0 Å². The van der Waals surface area contributed by atoms with Crippen LogP contribution in [-0.2, 0) is 0 Å². The third-order valence-electron chi connectivity index (χ3n) is 2.22. The fourth-order valence-corrected chi connectivity index (χ4v) is 1.45. The summed E-state index contributed by atoms with van der Waals surface area (Å²) in [5, 5.41) is 11.6. The van der Waals surface area contributed by atoms with Crippen molar-refractivity contribution in [2.24, 2.45) is 0 Å². The Morgan fingerprint density at radius 2 is 1.80 bits per heavy atom. The number of nitrogens with zero attached hydrogens (tertiary/aromatic N) is 2. The Kier molecular flexibility index (Phi) is 3.75. The summed E-state index contributed by atoms with van der Waals surface area (Å²) >= 11 is 0. The molecule has 1 N–H and O–H groups in total. The van der Waals surface area contributed by atoms with E-state index in [0.717, 1.165) is 0 Å². The van der Waals surface area contributed by atoms with Gasteiger partial charge in [-0.15, -0.1) is 13.2 Å². The minimum Gasteiger partial charge on any atom is -0.406 e. The zero-order valence-corrected chi connectivity index (χ0v) is 9.98. The second-order valence-corrected chi connectivity index (χ2v) is 3.72. The summed E-state index contributed by atoms with van der Waals surface area (Å²) in [6.45, 7) is 0. The van der Waals surface area contributed by atoms with Crippen LogP contribution in [0.25, 0.3) is 0 Å². The molecular formula is C13H8F3N3O. The lowest BCUT2D eigenvalue weighted by molar-refractivity contribution is -0.274. The number of aromatic nitrogens is 1. The molecule has 7 heteroatoms. The second-order valence-electron chi connectivity index (χ2n) is 3.72. The van der Waals surface area contributed by atoms with Crippen molar-refractivity contribution in [2.45, 2.75) is 6.36 Å². The van der Waals surface area contributed by atoms with Gasteiger partial charge in [0.1, 0.15) is 23.3 Å². The van der Waals surface area contributed by atoms with Crippen LogP contribution in [0.3, 0.4) is 0 Å². The van der Waals surface area contributed by atoms with Gasteiger partial charge in [0.2, 0.25) is 0 Å². The molecule has 0 atom stereocenters. The summed E-state index contributed by atoms with van der Waals surface area (Å²) < 4.78 is 39.7. The molecule has 0 radical (unpaired) electrons. The van der Waals surface area contributed by atoms with Gasteiger partial charge in [-0.3, -0.25) is 0 Å². The zero-order valence-electron chi connectivity index (χ0n) is 9.98. The number of halogens is 3. The van der Waals surface area contributed by atoms with E-state index in [4.69, 9.17) is 5.26 Å². The van der Waals surface area contributed by atoms with E-state index in [0.29, 0.717) is 11.5 Å². The Morgan fingerprint density at radius 3 is 2.40 bits per heavy atom. The summed E-state index contributed by atoms with van der Waals surface area (Å²) in [5.41, 5.74) is 0.772. The van der Waals surface area contributed by atoms with Crippen LogP contribution in [0.15, 0.2) is 42.5 Å². The van der Waals surface area contributed by atoms with Crippen LogP contribution in [0.5, 0.6) is 5.75 Å². The van der Waals surface area contributed by atoms with Crippen LogP contribution in [0, 0.1) is 11.3 Å². The van der Waals surface area contributed by atoms with E-state index in [9.17, 15) is 13.2 Å². The number of hydrogen-bond acceptors (Lipinski definition) is 4. The maximum absolute atomic E-state index is 12.0. The summed E-state index contributed by atoms with van der Waals surface area (Å²) in [6, 6.07) is 11.9. The lowest BCUT2D eigenvalue weighted by Crippen LogP contribution is -2.16. The van der Waals surface area contributed by atoms with Gasteiger partial charge < -0.3 is 10.1 Å². The number of rotatable bonds is 3. The van der Waals surface area contributed by atoms with Gasteiger partial charge in [-0.2, -0.15) is 5.26 Å². The number of anilines is 2.